The van der Waals surface area contributed by atoms with Gasteiger partial charge in [0.1, 0.15) is 11.9 Å². The van der Waals surface area contributed by atoms with E-state index in [4.69, 9.17) is 4.74 Å². The number of nitrogens with one attached hydrogen (secondary N) is 1. The lowest BCUT2D eigenvalue weighted by atomic mass is 10.1. The van der Waals surface area contributed by atoms with Crippen molar-refractivity contribution in [1.82, 2.24) is 4.98 Å². The largest absolute Gasteiger partial charge is 0.467 e. The molecule has 3 rings (SSSR count). The Kier molecular flexibility index (Phi) is 5.97. The first kappa shape index (κ1) is 20.4. The number of carbonyl (C=O) groups excluding carboxylic acids is 1. The molecule has 2 aromatic carbocycles. The SMILES string of the molecule is Cc1ccc(NC(=O)[C@H](Oc2cccnc2[N+](=O)[O-])c2ccccc2)c([N+](=O)[O-])c1. The fraction of sp³-hybridized carbons (Fsp3) is 0.100. The molecule has 1 atom stereocenters. The lowest BCUT2D eigenvalue weighted by Gasteiger charge is -2.19. The number of nitrogens with zero attached hydrogens (tertiary/aromatic N) is 3. The molecule has 10 heteroatoms. The number of ether oxygens (including phenoxy) is 1. The Hall–Kier alpha value is -4.34. The standard InChI is InChI=1S/C20H16N4O6/c1-13-9-10-15(16(12-13)23(26)27)22-20(25)18(14-6-3-2-4-7-14)30-17-8-5-11-21-19(17)24(28)29/h2-12,18H,1H3,(H,22,25)/t18-/m1/s1. The molecule has 10 nitrogen and oxygen atoms in total. The molecule has 0 saturated carbocycles. The number of pyridine rings is 1. The van der Waals surface area contributed by atoms with Gasteiger partial charge >= 0.3 is 5.82 Å². The van der Waals surface area contributed by atoms with Gasteiger partial charge in [0.25, 0.3) is 11.6 Å². The Morgan fingerprint density at radius 3 is 2.43 bits per heavy atom. The fourth-order valence-corrected chi connectivity index (χ4v) is 2.74. The van der Waals surface area contributed by atoms with Crippen molar-refractivity contribution in [1.29, 1.82) is 0 Å². The molecule has 0 saturated heterocycles. The topological polar surface area (TPSA) is 138 Å². The van der Waals surface area contributed by atoms with Crippen LogP contribution in [0.15, 0.2) is 66.9 Å². The summed E-state index contributed by atoms with van der Waals surface area (Å²) in [4.78, 5) is 37.9. The first-order valence-corrected chi connectivity index (χ1v) is 8.73. The van der Waals surface area contributed by atoms with Gasteiger partial charge in [0.05, 0.1) is 4.92 Å². The Labute approximate surface area is 170 Å². The molecule has 0 aliphatic heterocycles. The molecule has 0 bridgehead atoms. The number of nitro groups is 2. The average Bonchev–Trinajstić information content (AvgIpc) is 2.73. The minimum absolute atomic E-state index is 0.0131. The summed E-state index contributed by atoms with van der Waals surface area (Å²) < 4.78 is 5.66. The van der Waals surface area contributed by atoms with Gasteiger partial charge in [0.15, 0.2) is 0 Å². The van der Waals surface area contributed by atoms with Crippen molar-refractivity contribution >= 4 is 23.1 Å². The summed E-state index contributed by atoms with van der Waals surface area (Å²) in [5, 5.41) is 25.1. The second-order valence-electron chi connectivity index (χ2n) is 6.26. The number of aromatic nitrogens is 1. The first-order chi connectivity index (χ1) is 14.4. The van der Waals surface area contributed by atoms with Crippen LogP contribution in [0.5, 0.6) is 5.75 Å². The minimum Gasteiger partial charge on any atom is -0.467 e. The molecule has 0 aliphatic rings. The maximum atomic E-state index is 13.0. The highest BCUT2D eigenvalue weighted by Crippen LogP contribution is 2.31. The predicted molar refractivity (Wildman–Crippen MR) is 107 cm³/mol. The Balaban J connectivity index is 1.97. The highest BCUT2D eigenvalue weighted by molar-refractivity contribution is 5.97. The monoisotopic (exact) mass is 408 g/mol. The van der Waals surface area contributed by atoms with Gasteiger partial charge < -0.3 is 20.2 Å². The first-order valence-electron chi connectivity index (χ1n) is 8.73. The van der Waals surface area contributed by atoms with E-state index in [1.807, 2.05) is 0 Å². The van der Waals surface area contributed by atoms with E-state index in [0.717, 1.165) is 0 Å². The van der Waals surface area contributed by atoms with Crippen molar-refractivity contribution in [3.05, 3.63) is 98.2 Å². The van der Waals surface area contributed by atoms with Crippen molar-refractivity contribution in [3.63, 3.8) is 0 Å². The number of hydrogen-bond acceptors (Lipinski definition) is 7. The Bertz CT molecular complexity index is 1100. The van der Waals surface area contributed by atoms with E-state index >= 15 is 0 Å². The van der Waals surface area contributed by atoms with Crippen LogP contribution in [0.2, 0.25) is 0 Å². The lowest BCUT2D eigenvalue weighted by Crippen LogP contribution is -2.26. The maximum absolute atomic E-state index is 13.0. The number of aryl methyl sites for hydroxylation is 1. The molecule has 0 fully saturated rings. The van der Waals surface area contributed by atoms with E-state index in [2.05, 4.69) is 10.3 Å². The van der Waals surface area contributed by atoms with E-state index in [-0.39, 0.29) is 17.1 Å². The van der Waals surface area contributed by atoms with E-state index in [1.54, 1.807) is 43.3 Å². The third-order valence-electron chi connectivity index (χ3n) is 4.12. The van der Waals surface area contributed by atoms with E-state index in [9.17, 15) is 25.0 Å². The molecule has 0 radical (unpaired) electrons. The van der Waals surface area contributed by atoms with Crippen LogP contribution in [0.3, 0.4) is 0 Å². The molecule has 3 aromatic rings. The zero-order valence-corrected chi connectivity index (χ0v) is 15.7. The number of nitro benzene ring substituents is 1. The number of benzene rings is 2. The number of amides is 1. The molecule has 0 aliphatic carbocycles. The third kappa shape index (κ3) is 4.55. The smallest absolute Gasteiger partial charge is 0.406 e. The van der Waals surface area contributed by atoms with Gasteiger partial charge in [-0.25, -0.2) is 0 Å². The van der Waals surface area contributed by atoms with Crippen molar-refractivity contribution < 1.29 is 19.4 Å². The molecule has 30 heavy (non-hydrogen) atoms. The van der Waals surface area contributed by atoms with Gasteiger partial charge in [-0.2, -0.15) is 0 Å². The molecule has 152 valence electrons. The zero-order valence-electron chi connectivity index (χ0n) is 15.7. The van der Waals surface area contributed by atoms with Gasteiger partial charge in [-0.15, -0.1) is 0 Å². The zero-order chi connectivity index (χ0) is 21.7. The van der Waals surface area contributed by atoms with Gasteiger partial charge in [-0.1, -0.05) is 36.4 Å². The molecule has 1 amide bonds. The summed E-state index contributed by atoms with van der Waals surface area (Å²) in [5.74, 6) is -1.48. The van der Waals surface area contributed by atoms with Gasteiger partial charge in [-0.05, 0) is 40.6 Å². The maximum Gasteiger partial charge on any atom is 0.406 e. The summed E-state index contributed by atoms with van der Waals surface area (Å²) >= 11 is 0. The average molecular weight is 408 g/mol. The van der Waals surface area contributed by atoms with Gasteiger partial charge in [0.2, 0.25) is 11.9 Å². The number of rotatable bonds is 7. The van der Waals surface area contributed by atoms with Crippen LogP contribution in [0.4, 0.5) is 17.2 Å². The van der Waals surface area contributed by atoms with Crippen LogP contribution in [-0.4, -0.2) is 20.7 Å². The van der Waals surface area contributed by atoms with Crippen molar-refractivity contribution in [2.75, 3.05) is 5.32 Å². The van der Waals surface area contributed by atoms with Gasteiger partial charge in [0, 0.05) is 11.6 Å². The molecule has 0 spiro atoms. The summed E-state index contributed by atoms with van der Waals surface area (Å²) in [7, 11) is 0. The summed E-state index contributed by atoms with van der Waals surface area (Å²) in [5.41, 5.74) is 0.771. The highest BCUT2D eigenvalue weighted by atomic mass is 16.6. The second-order valence-corrected chi connectivity index (χ2v) is 6.26. The highest BCUT2D eigenvalue weighted by Gasteiger charge is 2.28. The quantitative estimate of drug-likeness (QED) is 0.461. The van der Waals surface area contributed by atoms with Gasteiger partial charge in [-0.3, -0.25) is 14.9 Å². The van der Waals surface area contributed by atoms with E-state index < -0.39 is 27.7 Å². The van der Waals surface area contributed by atoms with Crippen LogP contribution < -0.4 is 10.1 Å². The minimum atomic E-state index is -1.31. The fourth-order valence-electron chi connectivity index (χ4n) is 2.74. The van der Waals surface area contributed by atoms with Crippen LogP contribution in [0.25, 0.3) is 0 Å². The number of hydrogen-bond donors (Lipinski definition) is 1. The third-order valence-corrected chi connectivity index (χ3v) is 4.12. The lowest BCUT2D eigenvalue weighted by molar-refractivity contribution is -0.390. The van der Waals surface area contributed by atoms with Crippen molar-refractivity contribution in [3.8, 4) is 5.75 Å². The second kappa shape index (κ2) is 8.78. The molecule has 0 unspecified atom stereocenters. The normalized spacial score (nSPS) is 11.4. The summed E-state index contributed by atoms with van der Waals surface area (Å²) in [6.45, 7) is 1.69. The van der Waals surface area contributed by atoms with E-state index in [1.165, 1.54) is 30.5 Å². The molecular weight excluding hydrogens is 392 g/mol. The molecule has 1 N–H and O–H groups in total. The predicted octanol–water partition coefficient (Wildman–Crippen LogP) is 3.97. The van der Waals surface area contributed by atoms with E-state index in [0.29, 0.717) is 11.1 Å². The number of anilines is 1. The molecule has 1 heterocycles. The molecule has 1 aromatic heterocycles. The summed E-state index contributed by atoms with van der Waals surface area (Å²) in [6.07, 6.45) is -0.0758. The van der Waals surface area contributed by atoms with Crippen molar-refractivity contribution in [2.24, 2.45) is 0 Å². The Morgan fingerprint density at radius 1 is 1.03 bits per heavy atom. The van der Waals surface area contributed by atoms with Crippen LogP contribution >= 0.6 is 0 Å². The van der Waals surface area contributed by atoms with Crippen LogP contribution in [0.1, 0.15) is 17.2 Å². The Morgan fingerprint density at radius 2 is 1.77 bits per heavy atom. The number of carbonyl (C=O) groups is 1. The van der Waals surface area contributed by atoms with Crippen LogP contribution in [0, 0.1) is 27.2 Å². The van der Waals surface area contributed by atoms with Crippen LogP contribution in [-0.2, 0) is 4.79 Å². The van der Waals surface area contributed by atoms with Crippen molar-refractivity contribution in [2.45, 2.75) is 13.0 Å². The summed E-state index contributed by atoms with van der Waals surface area (Å²) in [6, 6.07) is 15.4. The molecular formula is C20H16N4O6.